The van der Waals surface area contributed by atoms with E-state index < -0.39 is 5.82 Å². The summed E-state index contributed by atoms with van der Waals surface area (Å²) in [6.45, 7) is 9.98. The van der Waals surface area contributed by atoms with Crippen LogP contribution in [-0.4, -0.2) is 66.5 Å². The fourth-order valence-corrected chi connectivity index (χ4v) is 4.62. The number of rotatable bonds is 12. The smallest absolute Gasteiger partial charge is 0.246 e. The quantitative estimate of drug-likeness (QED) is 0.184. The molecule has 5 aromatic rings. The van der Waals surface area contributed by atoms with Crippen molar-refractivity contribution < 1.29 is 13.9 Å². The number of nitrogens with one attached hydrogen (secondary N) is 1. The van der Waals surface area contributed by atoms with Crippen molar-refractivity contribution in [2.45, 2.75) is 20.3 Å². The minimum Gasteiger partial charge on any atom is -0.455 e. The second-order valence-electron chi connectivity index (χ2n) is 9.28. The number of nitrogens with zero attached hydrogens (tertiary/aromatic N) is 8. The molecule has 0 aliphatic heterocycles. The van der Waals surface area contributed by atoms with Crippen LogP contribution in [0.2, 0.25) is 5.02 Å². The highest BCUT2D eigenvalue weighted by atomic mass is 35.5. The summed E-state index contributed by atoms with van der Waals surface area (Å²) in [5.41, 5.74) is 1.72. The molecule has 0 saturated carbocycles. The molecule has 0 atom stereocenters. The molecule has 11 nitrogen and oxygen atoms in total. The van der Waals surface area contributed by atoms with Gasteiger partial charge < -0.3 is 19.9 Å². The molecule has 1 amide bonds. The van der Waals surface area contributed by atoms with E-state index in [1.807, 2.05) is 19.1 Å². The van der Waals surface area contributed by atoms with E-state index in [1.165, 1.54) is 30.9 Å². The lowest BCUT2D eigenvalue weighted by Crippen LogP contribution is -2.38. The molecule has 216 valence electrons. The minimum absolute atomic E-state index is 0.0967. The number of benzene rings is 1. The highest BCUT2D eigenvalue weighted by Gasteiger charge is 2.17. The maximum atomic E-state index is 15.3. The predicted molar refractivity (Wildman–Crippen MR) is 160 cm³/mol. The van der Waals surface area contributed by atoms with Gasteiger partial charge in [-0.05, 0) is 43.7 Å². The molecule has 1 aromatic carbocycles. The molecular weight excluding hydrogens is 561 g/mol. The third-order valence-electron chi connectivity index (χ3n) is 6.55. The van der Waals surface area contributed by atoms with Gasteiger partial charge in [0.25, 0.3) is 0 Å². The van der Waals surface area contributed by atoms with E-state index >= 15 is 4.39 Å². The fraction of sp³-hybridized carbons (Fsp3) is 0.241. The van der Waals surface area contributed by atoms with Crippen LogP contribution in [0.1, 0.15) is 20.3 Å². The molecule has 5 rings (SSSR count). The van der Waals surface area contributed by atoms with Gasteiger partial charge in [0.05, 0.1) is 16.2 Å². The standard InChI is InChI=1S/C29H29ClFN9O2/c1-4-10-39(13-12-38(6-3)27(41)5-2)25-8-7-22-28(37-25)29(34-17-32-22)36-23-15-20(30)24(16-21(23)31)42-19-9-11-40-26(14-19)33-18-35-40/h5,7-9,11,14-18H,2,4,6,10,12-13H2,1,3H3,(H,32,34,36). The average molecular weight is 590 g/mol. The molecular formula is C29H29ClFN9O2. The number of pyridine rings is 2. The van der Waals surface area contributed by atoms with Gasteiger partial charge in [-0.1, -0.05) is 25.1 Å². The van der Waals surface area contributed by atoms with Crippen LogP contribution in [0, 0.1) is 5.82 Å². The van der Waals surface area contributed by atoms with Gasteiger partial charge in [-0.15, -0.1) is 0 Å². The number of hydrogen-bond acceptors (Lipinski definition) is 9. The summed E-state index contributed by atoms with van der Waals surface area (Å²) in [4.78, 5) is 33.6. The molecule has 0 aliphatic carbocycles. The van der Waals surface area contributed by atoms with E-state index in [2.05, 4.69) is 43.8 Å². The zero-order valence-electron chi connectivity index (χ0n) is 23.2. The normalized spacial score (nSPS) is 11.0. The van der Waals surface area contributed by atoms with Crippen molar-refractivity contribution in [3.63, 3.8) is 0 Å². The Bertz CT molecular complexity index is 1750. The molecule has 0 saturated heterocycles. The van der Waals surface area contributed by atoms with Crippen molar-refractivity contribution in [3.05, 3.63) is 78.7 Å². The highest BCUT2D eigenvalue weighted by molar-refractivity contribution is 6.32. The Labute approximate surface area is 246 Å². The van der Waals surface area contributed by atoms with Crippen LogP contribution < -0.4 is 15.0 Å². The Morgan fingerprint density at radius 3 is 2.76 bits per heavy atom. The first-order valence-electron chi connectivity index (χ1n) is 13.4. The number of aromatic nitrogens is 6. The SMILES string of the molecule is C=CC(=O)N(CC)CCN(CCC)c1ccc2ncnc(Nc3cc(Cl)c(Oc4ccn5ncnc5c4)cc3F)c2n1. The lowest BCUT2D eigenvalue weighted by Gasteiger charge is -2.27. The fourth-order valence-electron chi connectivity index (χ4n) is 4.42. The van der Waals surface area contributed by atoms with Crippen LogP contribution in [0.15, 0.2) is 67.9 Å². The summed E-state index contributed by atoms with van der Waals surface area (Å²) < 4.78 is 22.7. The number of anilines is 3. The zero-order chi connectivity index (χ0) is 29.6. The molecule has 42 heavy (non-hydrogen) atoms. The average Bonchev–Trinajstić information content (AvgIpc) is 3.47. The molecule has 0 spiro atoms. The molecule has 4 aromatic heterocycles. The lowest BCUT2D eigenvalue weighted by molar-refractivity contribution is -0.125. The van der Waals surface area contributed by atoms with Gasteiger partial charge in [-0.3, -0.25) is 4.79 Å². The molecule has 0 bridgehead atoms. The Kier molecular flexibility index (Phi) is 8.72. The second-order valence-corrected chi connectivity index (χ2v) is 9.69. The van der Waals surface area contributed by atoms with E-state index in [1.54, 1.807) is 27.7 Å². The first-order chi connectivity index (χ1) is 20.4. The number of amides is 1. The first-order valence-corrected chi connectivity index (χ1v) is 13.8. The molecule has 0 aliphatic rings. The van der Waals surface area contributed by atoms with Crippen molar-refractivity contribution in [2.24, 2.45) is 0 Å². The Morgan fingerprint density at radius 2 is 1.98 bits per heavy atom. The van der Waals surface area contributed by atoms with Gasteiger partial charge in [0.15, 0.2) is 11.5 Å². The number of carbonyl (C=O) groups excluding carboxylic acids is 1. The summed E-state index contributed by atoms with van der Waals surface area (Å²) in [5.74, 6) is 0.868. The summed E-state index contributed by atoms with van der Waals surface area (Å²) >= 11 is 6.49. The Hall–Kier alpha value is -4.84. The Morgan fingerprint density at radius 1 is 1.12 bits per heavy atom. The van der Waals surface area contributed by atoms with Crippen molar-refractivity contribution in [3.8, 4) is 11.5 Å². The van der Waals surface area contributed by atoms with Crippen LogP contribution in [0.3, 0.4) is 0 Å². The van der Waals surface area contributed by atoms with Gasteiger partial charge in [-0.2, -0.15) is 5.10 Å². The monoisotopic (exact) mass is 589 g/mol. The van der Waals surface area contributed by atoms with E-state index in [0.717, 1.165) is 13.0 Å². The maximum absolute atomic E-state index is 15.3. The zero-order valence-corrected chi connectivity index (χ0v) is 23.9. The molecule has 0 radical (unpaired) electrons. The van der Waals surface area contributed by atoms with E-state index in [9.17, 15) is 4.79 Å². The van der Waals surface area contributed by atoms with Gasteiger partial charge in [-0.25, -0.2) is 28.8 Å². The molecule has 13 heteroatoms. The van der Waals surface area contributed by atoms with E-state index in [4.69, 9.17) is 21.3 Å². The third-order valence-corrected chi connectivity index (χ3v) is 6.84. The van der Waals surface area contributed by atoms with Crippen LogP contribution in [-0.2, 0) is 4.79 Å². The number of ether oxygens (including phenoxy) is 1. The number of halogens is 2. The summed E-state index contributed by atoms with van der Waals surface area (Å²) in [7, 11) is 0. The topological polar surface area (TPSA) is 114 Å². The highest BCUT2D eigenvalue weighted by Crippen LogP contribution is 2.35. The molecule has 1 N–H and O–H groups in total. The van der Waals surface area contributed by atoms with Crippen LogP contribution in [0.4, 0.5) is 21.7 Å². The summed E-state index contributed by atoms with van der Waals surface area (Å²) in [5, 5.41) is 7.25. The van der Waals surface area contributed by atoms with Crippen molar-refractivity contribution >= 4 is 51.5 Å². The molecule has 0 fully saturated rings. The number of fused-ring (bicyclic) bond motifs is 2. The number of carbonyl (C=O) groups is 1. The predicted octanol–water partition coefficient (Wildman–Crippen LogP) is 5.65. The minimum atomic E-state index is -0.597. The maximum Gasteiger partial charge on any atom is 0.246 e. The summed E-state index contributed by atoms with van der Waals surface area (Å²) in [6, 6.07) is 9.69. The van der Waals surface area contributed by atoms with Crippen molar-refractivity contribution in [1.82, 2.24) is 34.4 Å². The van der Waals surface area contributed by atoms with Crippen LogP contribution in [0.25, 0.3) is 16.7 Å². The Balaban J connectivity index is 1.39. The van der Waals surface area contributed by atoms with Gasteiger partial charge in [0, 0.05) is 44.5 Å². The van der Waals surface area contributed by atoms with E-state index in [0.29, 0.717) is 53.7 Å². The lowest BCUT2D eigenvalue weighted by atomic mass is 10.2. The van der Waals surface area contributed by atoms with Crippen molar-refractivity contribution in [2.75, 3.05) is 36.4 Å². The molecule has 4 heterocycles. The van der Waals surface area contributed by atoms with Crippen LogP contribution >= 0.6 is 11.6 Å². The largest absolute Gasteiger partial charge is 0.455 e. The number of hydrogen-bond donors (Lipinski definition) is 1. The summed E-state index contributed by atoms with van der Waals surface area (Å²) in [6.07, 6.45) is 6.69. The van der Waals surface area contributed by atoms with E-state index in [-0.39, 0.29) is 22.4 Å². The van der Waals surface area contributed by atoms with Crippen LogP contribution in [0.5, 0.6) is 11.5 Å². The van der Waals surface area contributed by atoms with Gasteiger partial charge in [0.2, 0.25) is 5.91 Å². The second kappa shape index (κ2) is 12.8. The third kappa shape index (κ3) is 6.23. The van der Waals surface area contributed by atoms with Gasteiger partial charge >= 0.3 is 0 Å². The number of likely N-dealkylation sites (N-methyl/N-ethyl adjacent to an activating group) is 1. The first kappa shape index (κ1) is 28.7. The van der Waals surface area contributed by atoms with Crippen molar-refractivity contribution in [1.29, 1.82) is 0 Å². The molecule has 0 unspecified atom stereocenters. The van der Waals surface area contributed by atoms with Gasteiger partial charge in [0.1, 0.15) is 41.3 Å².